The van der Waals surface area contributed by atoms with Gasteiger partial charge in [-0.1, -0.05) is 24.1 Å². The number of benzene rings is 1. The van der Waals surface area contributed by atoms with Crippen LogP contribution < -0.4 is 0 Å². The first-order chi connectivity index (χ1) is 13.0. The molecule has 2 heterocycles. The van der Waals surface area contributed by atoms with Crippen LogP contribution in [0.25, 0.3) is 11.4 Å². The molecule has 0 saturated carbocycles. The summed E-state index contributed by atoms with van der Waals surface area (Å²) >= 11 is 4.14. The quantitative estimate of drug-likeness (QED) is 0.319. The first kappa shape index (κ1) is 19.6. The lowest BCUT2D eigenvalue weighted by Gasteiger charge is -2.01. The van der Waals surface area contributed by atoms with Gasteiger partial charge in [-0.2, -0.15) is 0 Å². The molecule has 0 aliphatic heterocycles. The minimum Gasteiger partial charge on any atom is -0.258 e. The van der Waals surface area contributed by atoms with E-state index in [4.69, 9.17) is 6.42 Å². The van der Waals surface area contributed by atoms with Gasteiger partial charge in [-0.15, -0.1) is 19.1 Å². The van der Waals surface area contributed by atoms with Gasteiger partial charge in [0.15, 0.2) is 5.69 Å². The molecule has 134 valence electrons. The second-order valence-electron chi connectivity index (χ2n) is 4.92. The van der Waals surface area contributed by atoms with Crippen molar-refractivity contribution in [1.82, 2.24) is 9.97 Å². The number of aromatic nitrogens is 2. The molecule has 0 aliphatic carbocycles. The first-order valence-corrected chi connectivity index (χ1v) is 7.84. The van der Waals surface area contributed by atoms with Crippen molar-refractivity contribution in [2.75, 3.05) is 0 Å². The predicted molar refractivity (Wildman–Crippen MR) is 102 cm³/mol. The van der Waals surface area contributed by atoms with E-state index in [1.54, 1.807) is 12.1 Å². The molecule has 0 N–H and O–H groups in total. The lowest BCUT2D eigenvalue weighted by Crippen LogP contribution is -2.01. The Morgan fingerprint density at radius 3 is 2.15 bits per heavy atom. The van der Waals surface area contributed by atoms with E-state index in [-0.39, 0.29) is 11.4 Å². The maximum atomic E-state index is 11.0. The van der Waals surface area contributed by atoms with Crippen molar-refractivity contribution in [3.8, 4) is 23.7 Å². The highest BCUT2D eigenvalue weighted by Crippen LogP contribution is 2.34. The lowest BCUT2D eigenvalue weighted by molar-refractivity contribution is -0.422. The summed E-state index contributed by atoms with van der Waals surface area (Å²) in [7, 11) is 0. The molecule has 3 aromatic rings. The van der Waals surface area contributed by atoms with Crippen LogP contribution in [0.1, 0.15) is 5.56 Å². The van der Waals surface area contributed by atoms with Crippen molar-refractivity contribution in [3.63, 3.8) is 0 Å². The van der Waals surface area contributed by atoms with Crippen molar-refractivity contribution < 1.29 is 9.85 Å². The molecule has 2 aromatic heterocycles. The summed E-state index contributed by atoms with van der Waals surface area (Å²) in [5, 5.41) is 21.7. The number of terminal acetylenes is 1. The number of rotatable bonds is 3. The Balaban J connectivity index is 0.000000244. The molecule has 8 nitrogen and oxygen atoms in total. The average Bonchev–Trinajstić information content (AvgIpc) is 2.69. The summed E-state index contributed by atoms with van der Waals surface area (Å²) in [6.07, 6.45) is 7.73. The van der Waals surface area contributed by atoms with Crippen LogP contribution in [0.2, 0.25) is 0 Å². The predicted octanol–water partition coefficient (Wildman–Crippen LogP) is 3.92. The van der Waals surface area contributed by atoms with Crippen LogP contribution in [-0.4, -0.2) is 19.8 Å². The lowest BCUT2D eigenvalue weighted by atomic mass is 10.2. The summed E-state index contributed by atoms with van der Waals surface area (Å²) in [6.45, 7) is 0. The minimum absolute atomic E-state index is 0.116. The molecule has 27 heavy (non-hydrogen) atoms. The first-order valence-electron chi connectivity index (χ1n) is 7.39. The van der Waals surface area contributed by atoms with Crippen molar-refractivity contribution in [2.24, 2.45) is 0 Å². The van der Waals surface area contributed by atoms with Crippen LogP contribution in [0, 0.1) is 32.6 Å². The Bertz CT molecular complexity index is 1020. The standard InChI is InChI=1S/C10H6N4O4.C8H6S/c15-13(16)8-4-6-12-9(10(8)14(17)18)7-3-1-2-5-11-7;1-2-7-5-3-4-6-8(7)9/h1-6H;1,3-6,9H. The molecule has 0 bridgehead atoms. The number of thiol groups is 1. The van der Waals surface area contributed by atoms with Crippen LogP contribution >= 0.6 is 12.6 Å². The van der Waals surface area contributed by atoms with Gasteiger partial charge in [0.05, 0.1) is 15.5 Å². The second-order valence-corrected chi connectivity index (χ2v) is 5.40. The van der Waals surface area contributed by atoms with Gasteiger partial charge in [0.25, 0.3) is 0 Å². The largest absolute Gasteiger partial charge is 0.373 e. The molecule has 3 rings (SSSR count). The van der Waals surface area contributed by atoms with Gasteiger partial charge in [-0.25, -0.2) is 4.98 Å². The summed E-state index contributed by atoms with van der Waals surface area (Å²) in [5.74, 6) is 2.52. The van der Waals surface area contributed by atoms with E-state index in [1.807, 2.05) is 24.3 Å². The molecule has 0 spiro atoms. The van der Waals surface area contributed by atoms with Crippen molar-refractivity contribution in [1.29, 1.82) is 0 Å². The smallest absolute Gasteiger partial charge is 0.258 e. The molecule has 0 amide bonds. The van der Waals surface area contributed by atoms with Crippen molar-refractivity contribution in [3.05, 3.63) is 86.7 Å². The number of pyridine rings is 2. The Hall–Kier alpha value is -3.77. The highest BCUT2D eigenvalue weighted by atomic mass is 32.1. The topological polar surface area (TPSA) is 112 Å². The van der Waals surface area contributed by atoms with Crippen LogP contribution in [0.5, 0.6) is 0 Å². The van der Waals surface area contributed by atoms with E-state index in [1.165, 1.54) is 12.3 Å². The number of nitro groups is 2. The Morgan fingerprint density at radius 2 is 1.63 bits per heavy atom. The molecule has 0 aliphatic rings. The third kappa shape index (κ3) is 4.87. The average molecular weight is 380 g/mol. The molecule has 9 heteroatoms. The van der Waals surface area contributed by atoms with Crippen LogP contribution in [0.3, 0.4) is 0 Å². The van der Waals surface area contributed by atoms with Gasteiger partial charge >= 0.3 is 11.4 Å². The normalized spacial score (nSPS) is 9.48. The highest BCUT2D eigenvalue weighted by molar-refractivity contribution is 7.80. The zero-order valence-corrected chi connectivity index (χ0v) is 14.6. The molecule has 0 atom stereocenters. The van der Waals surface area contributed by atoms with Gasteiger partial charge in [0.2, 0.25) is 0 Å². The Labute approximate surface area is 159 Å². The SMILES string of the molecule is C#Cc1ccccc1S.O=[N+]([O-])c1ccnc(-c2ccccn2)c1[N+](=O)[O-]. The minimum atomic E-state index is -0.824. The van der Waals surface area contributed by atoms with Gasteiger partial charge < -0.3 is 0 Å². The molecule has 1 aromatic carbocycles. The fourth-order valence-electron chi connectivity index (χ4n) is 2.06. The highest BCUT2D eigenvalue weighted by Gasteiger charge is 2.30. The van der Waals surface area contributed by atoms with E-state index >= 15 is 0 Å². The van der Waals surface area contributed by atoms with Gasteiger partial charge in [-0.3, -0.25) is 25.2 Å². The Morgan fingerprint density at radius 1 is 0.926 bits per heavy atom. The monoisotopic (exact) mass is 380 g/mol. The second kappa shape index (κ2) is 9.07. The number of nitrogens with zero attached hydrogens (tertiary/aromatic N) is 4. The fraction of sp³-hybridized carbons (Fsp3) is 0. The van der Waals surface area contributed by atoms with E-state index in [2.05, 4.69) is 28.5 Å². The Kier molecular flexibility index (Phi) is 6.57. The van der Waals surface area contributed by atoms with Gasteiger partial charge in [0.1, 0.15) is 0 Å². The summed E-state index contributed by atoms with van der Waals surface area (Å²) < 4.78 is 0. The van der Waals surface area contributed by atoms with Crippen molar-refractivity contribution >= 4 is 24.0 Å². The zero-order valence-electron chi connectivity index (χ0n) is 13.7. The summed E-state index contributed by atoms with van der Waals surface area (Å²) in [5.41, 5.74) is -0.305. The molecule has 0 radical (unpaired) electrons. The third-order valence-corrected chi connectivity index (χ3v) is 3.64. The van der Waals surface area contributed by atoms with Crippen LogP contribution in [-0.2, 0) is 0 Å². The molecular formula is C18H12N4O4S. The van der Waals surface area contributed by atoms with Gasteiger partial charge in [-0.05, 0) is 24.3 Å². The molecule has 0 saturated heterocycles. The maximum Gasteiger partial charge on any atom is 0.373 e. The zero-order chi connectivity index (χ0) is 19.8. The summed E-state index contributed by atoms with van der Waals surface area (Å²) in [4.78, 5) is 28.6. The maximum absolute atomic E-state index is 11.0. The number of hydrogen-bond acceptors (Lipinski definition) is 7. The molecular weight excluding hydrogens is 368 g/mol. The van der Waals surface area contributed by atoms with Crippen molar-refractivity contribution in [2.45, 2.75) is 4.90 Å². The van der Waals surface area contributed by atoms with E-state index in [9.17, 15) is 20.2 Å². The van der Waals surface area contributed by atoms with Crippen LogP contribution in [0.4, 0.5) is 11.4 Å². The van der Waals surface area contributed by atoms with Gasteiger partial charge in [0, 0.05) is 28.9 Å². The third-order valence-electron chi connectivity index (χ3n) is 3.25. The van der Waals surface area contributed by atoms with E-state index < -0.39 is 21.2 Å². The van der Waals surface area contributed by atoms with E-state index in [0.717, 1.165) is 22.7 Å². The van der Waals surface area contributed by atoms with E-state index in [0.29, 0.717) is 0 Å². The summed E-state index contributed by atoms with van der Waals surface area (Å²) in [6, 6.07) is 13.3. The molecule has 0 unspecified atom stereocenters. The fourth-order valence-corrected chi connectivity index (χ4v) is 2.28. The van der Waals surface area contributed by atoms with Crippen LogP contribution in [0.15, 0.2) is 65.8 Å². The number of hydrogen-bond donors (Lipinski definition) is 1. The molecule has 0 fully saturated rings.